The molecule has 0 spiro atoms. The third-order valence-corrected chi connectivity index (χ3v) is 6.90. The molecule has 1 aliphatic heterocycles. The number of likely N-dealkylation sites (tertiary alicyclic amines) is 1. The van der Waals surface area contributed by atoms with Crippen molar-refractivity contribution in [3.63, 3.8) is 0 Å². The molecule has 3 rings (SSSR count). The molecule has 10 nitrogen and oxygen atoms in total. The molecular formula is C27H29Cl2N3O7. The number of ketones is 1. The Hall–Kier alpha value is -3.47. The van der Waals surface area contributed by atoms with Gasteiger partial charge in [0.15, 0.2) is 5.78 Å². The summed E-state index contributed by atoms with van der Waals surface area (Å²) in [6.07, 6.45) is 1.08. The van der Waals surface area contributed by atoms with Crippen molar-refractivity contribution in [3.05, 3.63) is 63.6 Å². The van der Waals surface area contributed by atoms with Crippen LogP contribution in [-0.4, -0.2) is 71.8 Å². The summed E-state index contributed by atoms with van der Waals surface area (Å²) in [6, 6.07) is 9.19. The Morgan fingerprint density at radius 3 is 2.38 bits per heavy atom. The van der Waals surface area contributed by atoms with Crippen LogP contribution in [0.4, 0.5) is 5.69 Å². The predicted molar refractivity (Wildman–Crippen MR) is 145 cm³/mol. The molecular weight excluding hydrogens is 549 g/mol. The number of hydrogen-bond acceptors (Lipinski definition) is 7. The maximum atomic E-state index is 13.1. The Kier molecular flexibility index (Phi) is 10.8. The van der Waals surface area contributed by atoms with Crippen LogP contribution >= 0.6 is 23.2 Å². The monoisotopic (exact) mass is 577 g/mol. The zero-order chi connectivity index (χ0) is 28.5. The fourth-order valence-electron chi connectivity index (χ4n) is 4.37. The highest BCUT2D eigenvalue weighted by Crippen LogP contribution is 2.25. The number of anilines is 1. The molecule has 2 atom stereocenters. The summed E-state index contributed by atoms with van der Waals surface area (Å²) in [5.74, 6) is -3.04. The van der Waals surface area contributed by atoms with Gasteiger partial charge in [-0.05, 0) is 55.8 Å². The predicted octanol–water partition coefficient (Wildman–Crippen LogP) is 3.34. The first-order valence-electron chi connectivity index (χ1n) is 12.3. The fraction of sp³-hybridized carbons (Fsp3) is 0.370. The van der Waals surface area contributed by atoms with E-state index in [-0.39, 0.29) is 47.2 Å². The van der Waals surface area contributed by atoms with Crippen LogP contribution in [0.1, 0.15) is 41.6 Å². The van der Waals surface area contributed by atoms with Crippen molar-refractivity contribution in [2.45, 2.75) is 44.2 Å². The molecule has 0 saturated carbocycles. The molecule has 12 heteroatoms. The van der Waals surface area contributed by atoms with Gasteiger partial charge in [-0.15, -0.1) is 0 Å². The van der Waals surface area contributed by atoms with Crippen LogP contribution in [0.25, 0.3) is 0 Å². The van der Waals surface area contributed by atoms with E-state index in [0.29, 0.717) is 30.6 Å². The number of hydrogen-bond donors (Lipinski definition) is 3. The van der Waals surface area contributed by atoms with Crippen LogP contribution in [0.3, 0.4) is 0 Å². The summed E-state index contributed by atoms with van der Waals surface area (Å²) in [6.45, 7) is 0.741. The van der Waals surface area contributed by atoms with Crippen LogP contribution in [0.2, 0.25) is 10.0 Å². The van der Waals surface area contributed by atoms with Gasteiger partial charge >= 0.3 is 11.9 Å². The van der Waals surface area contributed by atoms with Crippen molar-refractivity contribution in [2.75, 3.05) is 25.5 Å². The third-order valence-electron chi connectivity index (χ3n) is 6.27. The smallest absolute Gasteiger partial charge is 0.328 e. The second-order valence-electron chi connectivity index (χ2n) is 9.04. The van der Waals surface area contributed by atoms with Crippen LogP contribution in [-0.2, 0) is 30.3 Å². The number of carbonyl (C=O) groups excluding carboxylic acids is 4. The molecule has 0 radical (unpaired) electrons. The minimum absolute atomic E-state index is 0.0723. The highest BCUT2D eigenvalue weighted by molar-refractivity contribution is 6.40. The average molecular weight is 578 g/mol. The summed E-state index contributed by atoms with van der Waals surface area (Å²) in [5, 5.41) is 14.7. The largest absolute Gasteiger partial charge is 0.481 e. The zero-order valence-electron chi connectivity index (χ0n) is 21.2. The van der Waals surface area contributed by atoms with Gasteiger partial charge in [-0.1, -0.05) is 41.4 Å². The Morgan fingerprint density at radius 1 is 1.10 bits per heavy atom. The van der Waals surface area contributed by atoms with Gasteiger partial charge in [-0.3, -0.25) is 24.1 Å². The standard InChI is InChI=1S/C27H29Cl2N3O7/c1-39-27(38)20(31-26(37)24-21(33)7-3-13-32(24)14-4-8-22(34)35)15-16-9-11-17(12-10-16)30-25(36)23-18(28)5-2-6-19(23)29/h2,5-6,9-12,20,24H,3-4,7-8,13-15H2,1H3,(H,30,36)(H,31,37)(H,34,35)/t20-,24?/m0/s1. The number of methoxy groups -OCH3 is 1. The summed E-state index contributed by atoms with van der Waals surface area (Å²) < 4.78 is 4.87. The summed E-state index contributed by atoms with van der Waals surface area (Å²) >= 11 is 12.2. The number of halogens is 2. The lowest BCUT2D eigenvalue weighted by Crippen LogP contribution is -2.57. The van der Waals surface area contributed by atoms with Crippen LogP contribution in [0, 0.1) is 0 Å². The molecule has 1 aliphatic rings. The maximum absolute atomic E-state index is 13.1. The van der Waals surface area contributed by atoms with Crippen molar-refractivity contribution in [2.24, 2.45) is 0 Å². The normalized spacial score (nSPS) is 16.3. The minimum Gasteiger partial charge on any atom is -0.481 e. The molecule has 1 saturated heterocycles. The topological polar surface area (TPSA) is 142 Å². The lowest BCUT2D eigenvalue weighted by molar-refractivity contribution is -0.147. The van der Waals surface area contributed by atoms with Gasteiger partial charge < -0.3 is 20.5 Å². The molecule has 2 aromatic rings. The van der Waals surface area contributed by atoms with Gasteiger partial charge in [0.1, 0.15) is 12.1 Å². The molecule has 1 unspecified atom stereocenters. The van der Waals surface area contributed by atoms with Crippen LogP contribution in [0.5, 0.6) is 0 Å². The van der Waals surface area contributed by atoms with Gasteiger partial charge in [0.2, 0.25) is 5.91 Å². The van der Waals surface area contributed by atoms with Crippen molar-refractivity contribution in [1.82, 2.24) is 10.2 Å². The van der Waals surface area contributed by atoms with E-state index in [0.717, 1.165) is 0 Å². The first-order chi connectivity index (χ1) is 18.6. The highest BCUT2D eigenvalue weighted by Gasteiger charge is 2.37. The number of carbonyl (C=O) groups is 5. The number of esters is 1. The van der Waals surface area contributed by atoms with Gasteiger partial charge in [-0.2, -0.15) is 0 Å². The number of benzene rings is 2. The molecule has 39 heavy (non-hydrogen) atoms. The Morgan fingerprint density at radius 2 is 1.77 bits per heavy atom. The van der Waals surface area contributed by atoms with E-state index in [1.165, 1.54) is 7.11 Å². The van der Waals surface area contributed by atoms with Crippen LogP contribution < -0.4 is 10.6 Å². The molecule has 2 amide bonds. The third kappa shape index (κ3) is 8.26. The SMILES string of the molecule is COC(=O)[C@H](Cc1ccc(NC(=O)c2c(Cl)cccc2Cl)cc1)NC(=O)C1C(=O)CCCN1CCCC(=O)O. The van der Waals surface area contributed by atoms with E-state index >= 15 is 0 Å². The van der Waals surface area contributed by atoms with Gasteiger partial charge in [0.05, 0.1) is 22.7 Å². The van der Waals surface area contributed by atoms with E-state index < -0.39 is 35.8 Å². The van der Waals surface area contributed by atoms with Gasteiger partial charge in [-0.25, -0.2) is 4.79 Å². The van der Waals surface area contributed by atoms with Crippen molar-refractivity contribution >= 4 is 58.4 Å². The molecule has 1 fully saturated rings. The number of Topliss-reactive ketones (excluding diaryl/α,β-unsaturated/α-hetero) is 1. The van der Waals surface area contributed by atoms with E-state index in [1.54, 1.807) is 47.4 Å². The molecule has 0 aliphatic carbocycles. The van der Waals surface area contributed by atoms with Gasteiger partial charge in [0.25, 0.3) is 5.91 Å². The number of nitrogens with zero attached hydrogens (tertiary/aromatic N) is 1. The number of rotatable bonds is 11. The van der Waals surface area contributed by atoms with Crippen LogP contribution in [0.15, 0.2) is 42.5 Å². The average Bonchev–Trinajstić information content (AvgIpc) is 2.88. The quantitative estimate of drug-likeness (QED) is 0.272. The number of piperidine rings is 1. The minimum atomic E-state index is -1.10. The van der Waals surface area contributed by atoms with Crippen molar-refractivity contribution in [3.8, 4) is 0 Å². The first kappa shape index (κ1) is 30.1. The molecule has 1 heterocycles. The first-order valence-corrected chi connectivity index (χ1v) is 13.1. The number of amides is 2. The van der Waals surface area contributed by atoms with Gasteiger partial charge in [0, 0.05) is 24.9 Å². The van der Waals surface area contributed by atoms with Crippen molar-refractivity contribution in [1.29, 1.82) is 0 Å². The summed E-state index contributed by atoms with van der Waals surface area (Å²) in [7, 11) is 1.20. The summed E-state index contributed by atoms with van der Waals surface area (Å²) in [5.41, 5.74) is 1.27. The zero-order valence-corrected chi connectivity index (χ0v) is 22.8. The molecule has 2 aromatic carbocycles. The molecule has 0 aromatic heterocycles. The number of aliphatic carboxylic acids is 1. The number of ether oxygens (including phenoxy) is 1. The Bertz CT molecular complexity index is 1220. The molecule has 3 N–H and O–H groups in total. The van der Waals surface area contributed by atoms with E-state index in [1.807, 2.05) is 0 Å². The van der Waals surface area contributed by atoms with E-state index in [2.05, 4.69) is 10.6 Å². The second kappa shape index (κ2) is 14.1. The van der Waals surface area contributed by atoms with E-state index in [4.69, 9.17) is 33.0 Å². The Labute approximate surface area is 235 Å². The Balaban J connectivity index is 1.68. The number of carboxylic acids is 1. The molecule has 0 bridgehead atoms. The van der Waals surface area contributed by atoms with Crippen molar-refractivity contribution < 1.29 is 33.8 Å². The molecule has 208 valence electrons. The number of nitrogens with one attached hydrogen (secondary N) is 2. The highest BCUT2D eigenvalue weighted by atomic mass is 35.5. The lowest BCUT2D eigenvalue weighted by atomic mass is 9.98. The summed E-state index contributed by atoms with van der Waals surface area (Å²) in [4.78, 5) is 63.4. The lowest BCUT2D eigenvalue weighted by Gasteiger charge is -2.34. The van der Waals surface area contributed by atoms with E-state index in [9.17, 15) is 24.0 Å². The fourth-order valence-corrected chi connectivity index (χ4v) is 4.94. The number of carboxylic acid groups (broad SMARTS) is 1. The second-order valence-corrected chi connectivity index (χ2v) is 9.86. The maximum Gasteiger partial charge on any atom is 0.328 e.